The first-order valence-electron chi connectivity index (χ1n) is 5.43. The Hall–Kier alpha value is -0.610. The van der Waals surface area contributed by atoms with Gasteiger partial charge in [-0.2, -0.15) is 0 Å². The van der Waals surface area contributed by atoms with Crippen molar-refractivity contribution in [2.75, 3.05) is 26.3 Å². The maximum atomic E-state index is 11.5. The third kappa shape index (κ3) is 4.07. The molecule has 1 fully saturated rings. The van der Waals surface area contributed by atoms with E-state index in [4.69, 9.17) is 4.74 Å². The van der Waals surface area contributed by atoms with Gasteiger partial charge in [0.05, 0.1) is 6.04 Å². The SMILES string of the molecule is CCOCCCNC(=O)[C@H]1CCCN1. The van der Waals surface area contributed by atoms with Gasteiger partial charge in [-0.1, -0.05) is 0 Å². The molecule has 4 nitrogen and oxygen atoms in total. The molecule has 1 atom stereocenters. The third-order valence-electron chi connectivity index (χ3n) is 2.35. The van der Waals surface area contributed by atoms with Gasteiger partial charge in [-0.25, -0.2) is 0 Å². The van der Waals surface area contributed by atoms with Gasteiger partial charge in [0, 0.05) is 19.8 Å². The Morgan fingerprint density at radius 2 is 2.50 bits per heavy atom. The average molecular weight is 200 g/mol. The minimum atomic E-state index is 0.0436. The van der Waals surface area contributed by atoms with E-state index in [1.807, 2.05) is 6.92 Å². The Kier molecular flexibility index (Phi) is 5.56. The van der Waals surface area contributed by atoms with Crippen molar-refractivity contribution in [2.24, 2.45) is 0 Å². The lowest BCUT2D eigenvalue weighted by Crippen LogP contribution is -2.40. The molecule has 0 aliphatic carbocycles. The van der Waals surface area contributed by atoms with E-state index < -0.39 is 0 Å². The zero-order valence-corrected chi connectivity index (χ0v) is 8.84. The maximum Gasteiger partial charge on any atom is 0.237 e. The zero-order chi connectivity index (χ0) is 10.2. The molecule has 1 rings (SSSR count). The standard InChI is InChI=1S/C10H20N2O2/c1-2-14-8-4-7-12-10(13)9-5-3-6-11-9/h9,11H,2-8H2,1H3,(H,12,13)/t9-/m1/s1. The highest BCUT2D eigenvalue weighted by Gasteiger charge is 2.20. The quantitative estimate of drug-likeness (QED) is 0.606. The molecule has 2 N–H and O–H groups in total. The molecule has 4 heteroatoms. The largest absolute Gasteiger partial charge is 0.382 e. The number of carbonyl (C=O) groups excluding carboxylic acids is 1. The molecule has 1 aliphatic rings. The lowest BCUT2D eigenvalue weighted by molar-refractivity contribution is -0.122. The van der Waals surface area contributed by atoms with Crippen LogP contribution in [0.15, 0.2) is 0 Å². The third-order valence-corrected chi connectivity index (χ3v) is 2.35. The number of hydrogen-bond donors (Lipinski definition) is 2. The molecule has 0 aromatic carbocycles. The molecule has 0 spiro atoms. The summed E-state index contributed by atoms with van der Waals surface area (Å²) in [5.74, 6) is 0.138. The van der Waals surface area contributed by atoms with Gasteiger partial charge in [-0.15, -0.1) is 0 Å². The highest BCUT2D eigenvalue weighted by atomic mass is 16.5. The summed E-state index contributed by atoms with van der Waals surface area (Å²) in [5, 5.41) is 6.07. The molecular weight excluding hydrogens is 180 g/mol. The van der Waals surface area contributed by atoms with Crippen molar-refractivity contribution in [3.05, 3.63) is 0 Å². The topological polar surface area (TPSA) is 50.4 Å². The van der Waals surface area contributed by atoms with E-state index in [0.29, 0.717) is 0 Å². The lowest BCUT2D eigenvalue weighted by atomic mass is 10.2. The van der Waals surface area contributed by atoms with Crippen LogP contribution in [0.5, 0.6) is 0 Å². The number of nitrogens with one attached hydrogen (secondary N) is 2. The van der Waals surface area contributed by atoms with E-state index in [0.717, 1.165) is 45.6 Å². The molecule has 0 aromatic rings. The Labute approximate surface area is 85.4 Å². The molecule has 0 bridgehead atoms. The second-order valence-corrected chi connectivity index (χ2v) is 3.49. The maximum absolute atomic E-state index is 11.5. The van der Waals surface area contributed by atoms with Crippen LogP contribution in [0.2, 0.25) is 0 Å². The smallest absolute Gasteiger partial charge is 0.237 e. The van der Waals surface area contributed by atoms with Gasteiger partial charge in [0.1, 0.15) is 0 Å². The molecule has 0 saturated carbocycles. The number of carbonyl (C=O) groups is 1. The summed E-state index contributed by atoms with van der Waals surface area (Å²) in [6.45, 7) is 5.14. The summed E-state index contributed by atoms with van der Waals surface area (Å²) in [4.78, 5) is 11.5. The number of amides is 1. The van der Waals surface area contributed by atoms with Gasteiger partial charge in [-0.05, 0) is 32.7 Å². The van der Waals surface area contributed by atoms with Crippen molar-refractivity contribution >= 4 is 5.91 Å². The molecule has 1 amide bonds. The number of rotatable bonds is 6. The van der Waals surface area contributed by atoms with Crippen molar-refractivity contribution < 1.29 is 9.53 Å². The summed E-state index contributed by atoms with van der Waals surface area (Å²) in [5.41, 5.74) is 0. The Morgan fingerprint density at radius 1 is 1.64 bits per heavy atom. The van der Waals surface area contributed by atoms with Crippen LogP contribution in [0, 0.1) is 0 Å². The van der Waals surface area contributed by atoms with Gasteiger partial charge < -0.3 is 15.4 Å². The van der Waals surface area contributed by atoms with Crippen LogP contribution in [0.3, 0.4) is 0 Å². The Morgan fingerprint density at radius 3 is 3.14 bits per heavy atom. The van der Waals surface area contributed by atoms with Gasteiger partial charge in [0.2, 0.25) is 5.91 Å². The zero-order valence-electron chi connectivity index (χ0n) is 8.84. The van der Waals surface area contributed by atoms with Gasteiger partial charge >= 0.3 is 0 Å². The minimum Gasteiger partial charge on any atom is -0.382 e. The Bertz CT molecular complexity index is 168. The normalized spacial score (nSPS) is 21.1. The molecule has 82 valence electrons. The molecule has 1 heterocycles. The molecule has 1 saturated heterocycles. The van der Waals surface area contributed by atoms with E-state index in [1.165, 1.54) is 0 Å². The molecule has 0 aromatic heterocycles. The van der Waals surface area contributed by atoms with Crippen LogP contribution in [0.1, 0.15) is 26.2 Å². The average Bonchev–Trinajstić information content (AvgIpc) is 2.70. The van der Waals surface area contributed by atoms with E-state index in [-0.39, 0.29) is 11.9 Å². The van der Waals surface area contributed by atoms with Gasteiger partial charge in [-0.3, -0.25) is 4.79 Å². The van der Waals surface area contributed by atoms with E-state index in [9.17, 15) is 4.79 Å². The highest BCUT2D eigenvalue weighted by Crippen LogP contribution is 2.04. The van der Waals surface area contributed by atoms with Gasteiger partial charge in [0.25, 0.3) is 0 Å². The number of ether oxygens (including phenoxy) is 1. The molecule has 0 radical (unpaired) electrons. The van der Waals surface area contributed by atoms with Crippen LogP contribution in [0.4, 0.5) is 0 Å². The van der Waals surface area contributed by atoms with Crippen molar-refractivity contribution in [1.29, 1.82) is 0 Å². The van der Waals surface area contributed by atoms with Crippen molar-refractivity contribution in [2.45, 2.75) is 32.2 Å². The van der Waals surface area contributed by atoms with Gasteiger partial charge in [0.15, 0.2) is 0 Å². The molecule has 14 heavy (non-hydrogen) atoms. The van der Waals surface area contributed by atoms with Crippen LogP contribution in [-0.4, -0.2) is 38.3 Å². The fourth-order valence-corrected chi connectivity index (χ4v) is 1.56. The molecule has 0 unspecified atom stereocenters. The fraction of sp³-hybridized carbons (Fsp3) is 0.900. The van der Waals surface area contributed by atoms with E-state index in [1.54, 1.807) is 0 Å². The molecular formula is C10H20N2O2. The predicted molar refractivity (Wildman–Crippen MR) is 55.1 cm³/mol. The highest BCUT2D eigenvalue weighted by molar-refractivity contribution is 5.81. The molecule has 1 aliphatic heterocycles. The van der Waals surface area contributed by atoms with Crippen molar-refractivity contribution in [3.8, 4) is 0 Å². The second-order valence-electron chi connectivity index (χ2n) is 3.49. The first-order valence-corrected chi connectivity index (χ1v) is 5.43. The van der Waals surface area contributed by atoms with Crippen molar-refractivity contribution in [3.63, 3.8) is 0 Å². The summed E-state index contributed by atoms with van der Waals surface area (Å²) >= 11 is 0. The second kappa shape index (κ2) is 6.79. The first kappa shape index (κ1) is 11.5. The van der Waals surface area contributed by atoms with Crippen molar-refractivity contribution in [1.82, 2.24) is 10.6 Å². The monoisotopic (exact) mass is 200 g/mol. The minimum absolute atomic E-state index is 0.0436. The summed E-state index contributed by atoms with van der Waals surface area (Å²) < 4.78 is 5.17. The summed E-state index contributed by atoms with van der Waals surface area (Å²) in [6, 6.07) is 0.0436. The Balaban J connectivity index is 1.97. The fourth-order valence-electron chi connectivity index (χ4n) is 1.56. The van der Waals surface area contributed by atoms with Crippen LogP contribution >= 0.6 is 0 Å². The lowest BCUT2D eigenvalue weighted by Gasteiger charge is -2.10. The summed E-state index contributed by atoms with van der Waals surface area (Å²) in [6.07, 6.45) is 2.97. The van der Waals surface area contributed by atoms with E-state index >= 15 is 0 Å². The van der Waals surface area contributed by atoms with Crippen LogP contribution in [0.25, 0.3) is 0 Å². The predicted octanol–water partition coefficient (Wildman–Crippen LogP) is 0.281. The summed E-state index contributed by atoms with van der Waals surface area (Å²) in [7, 11) is 0. The number of hydrogen-bond acceptors (Lipinski definition) is 3. The van der Waals surface area contributed by atoms with E-state index in [2.05, 4.69) is 10.6 Å². The van der Waals surface area contributed by atoms with Crippen LogP contribution in [-0.2, 0) is 9.53 Å². The van der Waals surface area contributed by atoms with Crippen LogP contribution < -0.4 is 10.6 Å². The first-order chi connectivity index (χ1) is 6.84.